The molecule has 2 aromatic carbocycles. The lowest BCUT2D eigenvalue weighted by Crippen LogP contribution is -1.89. The average molecular weight is 280 g/mol. The Labute approximate surface area is 123 Å². The number of aromatic nitrogens is 1. The number of aryl methyl sites for hydroxylation is 1. The van der Waals surface area contributed by atoms with Gasteiger partial charge in [-0.3, -0.25) is 4.98 Å². The molecule has 0 unspecified atom stereocenters. The Hall–Kier alpha value is -2.00. The summed E-state index contributed by atoms with van der Waals surface area (Å²) in [6.45, 7) is 2.12. The van der Waals surface area contributed by atoms with E-state index in [9.17, 15) is 0 Å². The predicted octanol–water partition coefficient (Wildman–Crippen LogP) is 4.42. The first-order chi connectivity index (χ1) is 9.74. The minimum absolute atomic E-state index is 0.817. The van der Waals surface area contributed by atoms with Crippen molar-refractivity contribution in [2.75, 3.05) is 5.73 Å². The van der Waals surface area contributed by atoms with Crippen molar-refractivity contribution in [2.24, 2.45) is 0 Å². The van der Waals surface area contributed by atoms with E-state index < -0.39 is 0 Å². The zero-order valence-electron chi connectivity index (χ0n) is 11.3. The van der Waals surface area contributed by atoms with Crippen molar-refractivity contribution in [2.45, 2.75) is 17.6 Å². The molecule has 0 aliphatic carbocycles. The number of hydrogen-bond acceptors (Lipinski definition) is 3. The summed E-state index contributed by atoms with van der Waals surface area (Å²) in [5.41, 5.74) is 10.3. The van der Waals surface area contributed by atoms with E-state index in [-0.39, 0.29) is 0 Å². The molecule has 3 rings (SSSR count). The van der Waals surface area contributed by atoms with E-state index >= 15 is 0 Å². The summed E-state index contributed by atoms with van der Waals surface area (Å²) in [6.07, 6.45) is 1.88. The topological polar surface area (TPSA) is 38.9 Å². The van der Waals surface area contributed by atoms with Crippen molar-refractivity contribution in [1.29, 1.82) is 0 Å². The summed E-state index contributed by atoms with van der Waals surface area (Å²) in [5, 5.41) is 1.23. The van der Waals surface area contributed by atoms with Crippen LogP contribution in [0.4, 0.5) is 5.69 Å². The number of nitrogen functional groups attached to an aromatic ring is 1. The minimum atomic E-state index is 0.817. The molecule has 20 heavy (non-hydrogen) atoms. The van der Waals surface area contributed by atoms with Crippen LogP contribution in [-0.2, 0) is 5.75 Å². The molecule has 1 aromatic heterocycles. The number of hydrogen-bond donors (Lipinski definition) is 1. The Bertz CT molecular complexity index is 748. The molecule has 3 heteroatoms. The van der Waals surface area contributed by atoms with Crippen LogP contribution >= 0.6 is 11.8 Å². The maximum absolute atomic E-state index is 5.86. The summed E-state index contributed by atoms with van der Waals surface area (Å²) in [7, 11) is 0. The number of thioether (sulfide) groups is 1. The third-order valence-electron chi connectivity index (χ3n) is 3.33. The number of nitrogens with two attached hydrogens (primary N) is 1. The molecule has 100 valence electrons. The lowest BCUT2D eigenvalue weighted by Gasteiger charge is -2.08. The Morgan fingerprint density at radius 1 is 1.10 bits per heavy atom. The monoisotopic (exact) mass is 280 g/mol. The van der Waals surface area contributed by atoms with Crippen LogP contribution in [0.2, 0.25) is 0 Å². The first kappa shape index (κ1) is 13.0. The Morgan fingerprint density at radius 2 is 1.95 bits per heavy atom. The van der Waals surface area contributed by atoms with Gasteiger partial charge in [-0.25, -0.2) is 0 Å². The predicted molar refractivity (Wildman–Crippen MR) is 86.9 cm³/mol. The van der Waals surface area contributed by atoms with E-state index in [0.29, 0.717) is 0 Å². The highest BCUT2D eigenvalue weighted by Gasteiger charge is 2.04. The third kappa shape index (κ3) is 2.63. The van der Waals surface area contributed by atoms with E-state index in [4.69, 9.17) is 5.73 Å². The molecule has 0 fully saturated rings. The second-order valence-electron chi connectivity index (χ2n) is 4.80. The summed E-state index contributed by atoms with van der Waals surface area (Å²) in [6, 6.07) is 16.4. The van der Waals surface area contributed by atoms with Crippen LogP contribution in [0.1, 0.15) is 11.1 Å². The maximum atomic E-state index is 5.86. The summed E-state index contributed by atoms with van der Waals surface area (Å²) < 4.78 is 0. The van der Waals surface area contributed by atoms with E-state index in [2.05, 4.69) is 42.2 Å². The zero-order valence-corrected chi connectivity index (χ0v) is 12.2. The van der Waals surface area contributed by atoms with E-state index in [0.717, 1.165) is 17.0 Å². The van der Waals surface area contributed by atoms with Gasteiger partial charge in [0, 0.05) is 27.9 Å². The highest BCUT2D eigenvalue weighted by atomic mass is 32.2. The van der Waals surface area contributed by atoms with Crippen LogP contribution in [0.15, 0.2) is 59.6 Å². The van der Waals surface area contributed by atoms with Crippen molar-refractivity contribution in [3.05, 3.63) is 65.9 Å². The van der Waals surface area contributed by atoms with Gasteiger partial charge < -0.3 is 5.73 Å². The van der Waals surface area contributed by atoms with Crippen molar-refractivity contribution in [3.63, 3.8) is 0 Å². The summed E-state index contributed by atoms with van der Waals surface area (Å²) in [4.78, 5) is 5.64. The van der Waals surface area contributed by atoms with Crippen molar-refractivity contribution >= 4 is 28.4 Å². The molecule has 0 atom stereocenters. The molecular weight excluding hydrogens is 264 g/mol. The van der Waals surface area contributed by atoms with E-state index in [1.165, 1.54) is 21.4 Å². The summed E-state index contributed by atoms with van der Waals surface area (Å²) in [5.74, 6) is 0.924. The van der Waals surface area contributed by atoms with Crippen molar-refractivity contribution < 1.29 is 0 Å². The van der Waals surface area contributed by atoms with E-state index in [1.807, 2.05) is 36.2 Å². The highest BCUT2D eigenvalue weighted by molar-refractivity contribution is 7.98. The highest BCUT2D eigenvalue weighted by Crippen LogP contribution is 2.29. The van der Waals surface area contributed by atoms with Gasteiger partial charge in [-0.1, -0.05) is 24.3 Å². The van der Waals surface area contributed by atoms with Crippen molar-refractivity contribution in [3.8, 4) is 0 Å². The third-order valence-corrected chi connectivity index (χ3v) is 4.54. The minimum Gasteiger partial charge on any atom is -0.399 e. The first-order valence-corrected chi connectivity index (χ1v) is 7.54. The molecule has 3 aromatic rings. The molecule has 2 N–H and O–H groups in total. The normalized spacial score (nSPS) is 10.8. The number of benzene rings is 2. The fourth-order valence-corrected chi connectivity index (χ4v) is 3.29. The summed E-state index contributed by atoms with van der Waals surface area (Å²) >= 11 is 1.82. The van der Waals surface area contributed by atoms with Gasteiger partial charge >= 0.3 is 0 Å². The van der Waals surface area contributed by atoms with Crippen LogP contribution in [0.25, 0.3) is 10.9 Å². The second kappa shape index (κ2) is 5.55. The lowest BCUT2D eigenvalue weighted by molar-refractivity contribution is 1.29. The molecule has 0 aliphatic heterocycles. The molecule has 2 nitrogen and oxygen atoms in total. The van der Waals surface area contributed by atoms with Gasteiger partial charge in [-0.15, -0.1) is 11.8 Å². The fourth-order valence-electron chi connectivity index (χ4n) is 2.21. The molecule has 0 bridgehead atoms. The SMILES string of the molecule is Cc1ccc(N)cc1SCc1ccnc2ccccc12. The zero-order chi connectivity index (χ0) is 13.9. The Kier molecular flexibility index (Phi) is 3.61. The van der Waals surface area contributed by atoms with Gasteiger partial charge in [0.25, 0.3) is 0 Å². The second-order valence-corrected chi connectivity index (χ2v) is 5.82. The maximum Gasteiger partial charge on any atom is 0.0705 e. The molecular formula is C17H16N2S. The average Bonchev–Trinajstić information content (AvgIpc) is 2.48. The molecule has 0 saturated carbocycles. The molecule has 1 heterocycles. The molecule has 0 radical (unpaired) electrons. The Morgan fingerprint density at radius 3 is 2.85 bits per heavy atom. The van der Waals surface area contributed by atoms with Crippen molar-refractivity contribution in [1.82, 2.24) is 4.98 Å². The van der Waals surface area contributed by atoms with Crippen LogP contribution in [0.3, 0.4) is 0 Å². The molecule has 0 aliphatic rings. The number of pyridine rings is 1. The molecule has 0 spiro atoms. The fraction of sp³-hybridized carbons (Fsp3) is 0.118. The van der Waals surface area contributed by atoms with Gasteiger partial charge in [0.1, 0.15) is 0 Å². The lowest BCUT2D eigenvalue weighted by atomic mass is 10.1. The Balaban J connectivity index is 1.89. The van der Waals surface area contributed by atoms with Crippen LogP contribution < -0.4 is 5.73 Å². The smallest absolute Gasteiger partial charge is 0.0705 e. The van der Waals surface area contributed by atoms with Gasteiger partial charge in [0.05, 0.1) is 5.52 Å². The number of para-hydroxylation sites is 1. The van der Waals surface area contributed by atoms with Crippen LogP contribution in [0, 0.1) is 6.92 Å². The number of fused-ring (bicyclic) bond motifs is 1. The van der Waals surface area contributed by atoms with Gasteiger partial charge in [0.15, 0.2) is 0 Å². The molecule has 0 amide bonds. The van der Waals surface area contributed by atoms with Gasteiger partial charge in [0.2, 0.25) is 0 Å². The first-order valence-electron chi connectivity index (χ1n) is 6.55. The van der Waals surface area contributed by atoms with Crippen LogP contribution in [-0.4, -0.2) is 4.98 Å². The number of nitrogens with zero attached hydrogens (tertiary/aromatic N) is 1. The number of rotatable bonds is 3. The molecule has 0 saturated heterocycles. The van der Waals surface area contributed by atoms with E-state index in [1.54, 1.807) is 0 Å². The van der Waals surface area contributed by atoms with Gasteiger partial charge in [-0.05, 0) is 42.3 Å². The quantitative estimate of drug-likeness (QED) is 0.570. The largest absolute Gasteiger partial charge is 0.399 e. The standard InChI is InChI=1S/C17H16N2S/c1-12-6-7-14(18)10-17(12)20-11-13-8-9-19-16-5-3-2-4-15(13)16/h2-10H,11,18H2,1H3. The van der Waals surface area contributed by atoms with Crippen LogP contribution in [0.5, 0.6) is 0 Å². The number of anilines is 1. The van der Waals surface area contributed by atoms with Gasteiger partial charge in [-0.2, -0.15) is 0 Å².